The van der Waals surface area contributed by atoms with Crippen molar-refractivity contribution in [3.63, 3.8) is 0 Å². The van der Waals surface area contributed by atoms with Crippen LogP contribution in [0, 0.1) is 6.92 Å². The average Bonchev–Trinajstić information content (AvgIpc) is 3.25. The first-order valence-corrected chi connectivity index (χ1v) is 9.83. The molecule has 1 unspecified atom stereocenters. The van der Waals surface area contributed by atoms with Crippen LogP contribution in [0.5, 0.6) is 5.75 Å². The van der Waals surface area contributed by atoms with Crippen LogP contribution in [0.1, 0.15) is 25.0 Å². The van der Waals surface area contributed by atoms with Gasteiger partial charge in [-0.25, -0.2) is 15.0 Å². The van der Waals surface area contributed by atoms with Crippen LogP contribution in [0.2, 0.25) is 0 Å². The van der Waals surface area contributed by atoms with E-state index in [0.29, 0.717) is 13.1 Å². The summed E-state index contributed by atoms with van der Waals surface area (Å²) in [5.41, 5.74) is 2.22. The Hall–Kier alpha value is -3.35. The maximum Gasteiger partial charge on any atom is 0.191 e. The van der Waals surface area contributed by atoms with Crippen molar-refractivity contribution in [2.75, 3.05) is 13.1 Å². The van der Waals surface area contributed by atoms with Gasteiger partial charge >= 0.3 is 0 Å². The number of ether oxygens (including phenoxy) is 1. The Bertz CT molecular complexity index is 905. The molecule has 0 spiro atoms. The van der Waals surface area contributed by atoms with Crippen molar-refractivity contribution >= 4 is 5.96 Å². The van der Waals surface area contributed by atoms with Crippen LogP contribution >= 0.6 is 0 Å². The number of imidazole rings is 1. The smallest absolute Gasteiger partial charge is 0.191 e. The van der Waals surface area contributed by atoms with E-state index >= 15 is 0 Å². The topological polar surface area (TPSA) is 76.4 Å². The second-order valence-corrected chi connectivity index (χ2v) is 6.82. The van der Waals surface area contributed by atoms with E-state index in [1.165, 1.54) is 5.56 Å². The lowest BCUT2D eigenvalue weighted by atomic mass is 10.2. The van der Waals surface area contributed by atoms with Gasteiger partial charge in [0.05, 0.1) is 13.1 Å². The third-order valence-electron chi connectivity index (χ3n) is 4.23. The fourth-order valence-electron chi connectivity index (χ4n) is 2.77. The number of hydrogen-bond donors (Lipinski definition) is 2. The Kier molecular flexibility index (Phi) is 7.22. The molecule has 0 saturated heterocycles. The monoisotopic (exact) mass is 392 g/mol. The molecule has 0 bridgehead atoms. The van der Waals surface area contributed by atoms with E-state index in [1.54, 1.807) is 12.5 Å². The minimum absolute atomic E-state index is 0.0109. The summed E-state index contributed by atoms with van der Waals surface area (Å²) in [5, 5.41) is 6.61. The van der Waals surface area contributed by atoms with Crippen LogP contribution in [0.3, 0.4) is 0 Å². The fourth-order valence-corrected chi connectivity index (χ4v) is 2.77. The fraction of sp³-hybridized carbons (Fsp3) is 0.318. The van der Waals surface area contributed by atoms with Crippen molar-refractivity contribution in [1.82, 2.24) is 25.2 Å². The average molecular weight is 393 g/mol. The quantitative estimate of drug-likeness (QED) is 0.455. The number of aryl methyl sites for hydroxylation is 1. The number of nitrogens with zero attached hydrogens (tertiary/aromatic N) is 4. The summed E-state index contributed by atoms with van der Waals surface area (Å²) in [4.78, 5) is 13.2. The molecule has 3 aromatic rings. The molecule has 0 fully saturated rings. The van der Waals surface area contributed by atoms with Crippen molar-refractivity contribution in [3.05, 3.63) is 72.4 Å². The van der Waals surface area contributed by atoms with Crippen molar-refractivity contribution in [3.8, 4) is 11.6 Å². The number of rotatable bonds is 8. The van der Waals surface area contributed by atoms with Crippen molar-refractivity contribution in [1.29, 1.82) is 0 Å². The molecule has 1 atom stereocenters. The number of pyridine rings is 1. The number of benzene rings is 1. The molecule has 0 radical (unpaired) electrons. The lowest BCUT2D eigenvalue weighted by molar-refractivity contribution is 0.223. The summed E-state index contributed by atoms with van der Waals surface area (Å²) < 4.78 is 7.84. The summed E-state index contributed by atoms with van der Waals surface area (Å²) in [7, 11) is 0. The van der Waals surface area contributed by atoms with E-state index in [2.05, 4.69) is 38.6 Å². The van der Waals surface area contributed by atoms with E-state index in [1.807, 2.05) is 61.1 Å². The lowest BCUT2D eigenvalue weighted by Crippen LogP contribution is -2.41. The van der Waals surface area contributed by atoms with E-state index in [4.69, 9.17) is 4.74 Å². The summed E-state index contributed by atoms with van der Waals surface area (Å²) >= 11 is 0. The van der Waals surface area contributed by atoms with Gasteiger partial charge in [0.2, 0.25) is 0 Å². The minimum Gasteiger partial charge on any atom is -0.489 e. The molecule has 3 rings (SSSR count). The van der Waals surface area contributed by atoms with Gasteiger partial charge in [-0.15, -0.1) is 0 Å². The first-order valence-electron chi connectivity index (χ1n) is 9.83. The summed E-state index contributed by atoms with van der Waals surface area (Å²) in [6.45, 7) is 8.12. The predicted octanol–water partition coefficient (Wildman–Crippen LogP) is 3.10. The molecule has 29 heavy (non-hydrogen) atoms. The molecular formula is C22H28N6O. The molecule has 0 amide bonds. The molecule has 0 saturated carbocycles. The van der Waals surface area contributed by atoms with Gasteiger partial charge in [-0.05, 0) is 50.1 Å². The zero-order valence-electron chi connectivity index (χ0n) is 17.2. The molecule has 0 aliphatic heterocycles. The molecule has 1 aromatic carbocycles. The van der Waals surface area contributed by atoms with Crippen LogP contribution in [0.15, 0.2) is 66.3 Å². The molecule has 2 aromatic heterocycles. The van der Waals surface area contributed by atoms with Gasteiger partial charge < -0.3 is 15.4 Å². The molecule has 152 valence electrons. The van der Waals surface area contributed by atoms with Crippen molar-refractivity contribution < 1.29 is 4.74 Å². The van der Waals surface area contributed by atoms with Gasteiger partial charge in [0.1, 0.15) is 24.0 Å². The predicted molar refractivity (Wildman–Crippen MR) is 115 cm³/mol. The maximum atomic E-state index is 5.97. The highest BCUT2D eigenvalue weighted by atomic mass is 16.5. The molecule has 0 aliphatic carbocycles. The van der Waals surface area contributed by atoms with E-state index in [-0.39, 0.29) is 6.10 Å². The molecule has 0 aliphatic rings. The van der Waals surface area contributed by atoms with E-state index in [0.717, 1.165) is 29.6 Å². The van der Waals surface area contributed by atoms with Gasteiger partial charge in [-0.1, -0.05) is 18.2 Å². The Morgan fingerprint density at radius 1 is 1.24 bits per heavy atom. The van der Waals surface area contributed by atoms with Crippen molar-refractivity contribution in [2.45, 2.75) is 33.4 Å². The number of aromatic nitrogens is 3. The highest BCUT2D eigenvalue weighted by molar-refractivity contribution is 5.79. The van der Waals surface area contributed by atoms with Crippen LogP contribution in [-0.4, -0.2) is 39.7 Å². The number of nitrogens with one attached hydrogen (secondary N) is 2. The van der Waals surface area contributed by atoms with Crippen LogP contribution in [0.4, 0.5) is 0 Å². The largest absolute Gasteiger partial charge is 0.489 e. The molecule has 2 N–H and O–H groups in total. The SMILES string of the molecule is CCNC(=NCc1ccc(-n2ccnc2)nc1)NCC(C)Oc1cccc(C)c1. The highest BCUT2D eigenvalue weighted by Gasteiger charge is 2.06. The first kappa shape index (κ1) is 20.4. The lowest BCUT2D eigenvalue weighted by Gasteiger charge is -2.18. The Morgan fingerprint density at radius 2 is 2.14 bits per heavy atom. The van der Waals surface area contributed by atoms with E-state index < -0.39 is 0 Å². The van der Waals surface area contributed by atoms with Gasteiger partial charge in [0.25, 0.3) is 0 Å². The highest BCUT2D eigenvalue weighted by Crippen LogP contribution is 2.13. The summed E-state index contributed by atoms with van der Waals surface area (Å²) in [6.07, 6.45) is 7.18. The third-order valence-corrected chi connectivity index (χ3v) is 4.23. The molecular weight excluding hydrogens is 364 g/mol. The number of guanidine groups is 1. The normalized spacial score (nSPS) is 12.4. The summed E-state index contributed by atoms with van der Waals surface area (Å²) in [5.74, 6) is 2.47. The Morgan fingerprint density at radius 3 is 2.83 bits per heavy atom. The van der Waals surface area contributed by atoms with Crippen LogP contribution < -0.4 is 15.4 Å². The molecule has 7 nitrogen and oxygen atoms in total. The third kappa shape index (κ3) is 6.34. The van der Waals surface area contributed by atoms with E-state index in [9.17, 15) is 0 Å². The second-order valence-electron chi connectivity index (χ2n) is 6.82. The Balaban J connectivity index is 1.53. The molecule has 7 heteroatoms. The Labute approximate surface area is 171 Å². The van der Waals surface area contributed by atoms with Gasteiger partial charge in [0.15, 0.2) is 5.96 Å². The number of aliphatic imine (C=N–C) groups is 1. The van der Waals surface area contributed by atoms with Crippen LogP contribution in [0.25, 0.3) is 5.82 Å². The van der Waals surface area contributed by atoms with Crippen LogP contribution in [-0.2, 0) is 6.54 Å². The van der Waals surface area contributed by atoms with Gasteiger partial charge in [-0.2, -0.15) is 0 Å². The zero-order chi connectivity index (χ0) is 20.5. The standard InChI is InChI=1S/C22H28N6O/c1-4-24-22(26-13-18(3)29-20-7-5-6-17(2)12-20)27-15-19-8-9-21(25-14-19)28-11-10-23-16-28/h5-12,14,16,18H,4,13,15H2,1-3H3,(H2,24,26,27). The number of hydrogen-bond acceptors (Lipinski definition) is 4. The maximum absolute atomic E-state index is 5.97. The minimum atomic E-state index is 0.0109. The summed E-state index contributed by atoms with van der Waals surface area (Å²) in [6, 6.07) is 12.1. The zero-order valence-corrected chi connectivity index (χ0v) is 17.2. The first-order chi connectivity index (χ1) is 14.1. The molecule has 2 heterocycles. The van der Waals surface area contributed by atoms with Gasteiger partial charge in [0, 0.05) is 25.1 Å². The second kappa shape index (κ2) is 10.3. The van der Waals surface area contributed by atoms with Gasteiger partial charge in [-0.3, -0.25) is 4.57 Å². The van der Waals surface area contributed by atoms with Crippen molar-refractivity contribution in [2.24, 2.45) is 4.99 Å².